The Labute approximate surface area is 137 Å². The molecule has 0 bridgehead atoms. The van der Waals surface area contributed by atoms with E-state index < -0.39 is 0 Å². The molecule has 0 unspecified atom stereocenters. The van der Waals surface area contributed by atoms with Crippen molar-refractivity contribution in [3.63, 3.8) is 0 Å². The zero-order chi connectivity index (χ0) is 15.6. The van der Waals surface area contributed by atoms with E-state index in [0.717, 1.165) is 6.42 Å². The minimum absolute atomic E-state index is 0.163. The predicted molar refractivity (Wildman–Crippen MR) is 92.0 cm³/mol. The second-order valence-electron chi connectivity index (χ2n) is 5.90. The Kier molecular flexibility index (Phi) is 17.6. The zero-order valence-electron chi connectivity index (χ0n) is 14.0. The van der Waals surface area contributed by atoms with E-state index in [-0.39, 0.29) is 5.97 Å². The van der Waals surface area contributed by atoms with Crippen LogP contribution in [0.2, 0.25) is 0 Å². The lowest BCUT2D eigenvalue weighted by molar-refractivity contribution is -0.143. The first-order chi connectivity index (χ1) is 10.3. The van der Waals surface area contributed by atoms with Crippen LogP contribution in [0.25, 0.3) is 0 Å². The van der Waals surface area contributed by atoms with Crippen molar-refractivity contribution in [3.8, 4) is 0 Å². The van der Waals surface area contributed by atoms with E-state index in [4.69, 9.17) is 16.3 Å². The molecule has 0 atom stereocenters. The van der Waals surface area contributed by atoms with Crippen LogP contribution in [0.5, 0.6) is 0 Å². The van der Waals surface area contributed by atoms with E-state index in [1.54, 1.807) is 0 Å². The van der Waals surface area contributed by atoms with Gasteiger partial charge in [-0.05, 0) is 6.42 Å². The van der Waals surface area contributed by atoms with Crippen molar-refractivity contribution in [2.75, 3.05) is 12.5 Å². The maximum Gasteiger partial charge on any atom is 0.306 e. The van der Waals surface area contributed by atoms with Crippen LogP contribution in [0.3, 0.4) is 0 Å². The first-order valence-electron chi connectivity index (χ1n) is 9.02. The maximum absolute atomic E-state index is 11.1. The fourth-order valence-corrected chi connectivity index (χ4v) is 2.61. The summed E-state index contributed by atoms with van der Waals surface area (Å²) in [5.74, 6) is 0.196. The van der Waals surface area contributed by atoms with Gasteiger partial charge in [0.15, 0.2) is 0 Å². The van der Waals surface area contributed by atoms with E-state index >= 15 is 0 Å². The van der Waals surface area contributed by atoms with Gasteiger partial charge in [-0.15, -0.1) is 11.6 Å². The third-order valence-corrected chi connectivity index (χ3v) is 4.00. The number of hydrogen-bond acceptors (Lipinski definition) is 2. The van der Waals surface area contributed by atoms with Gasteiger partial charge in [-0.2, -0.15) is 0 Å². The quantitative estimate of drug-likeness (QED) is 0.191. The molecule has 0 aliphatic heterocycles. The third-order valence-electron chi connectivity index (χ3n) is 3.81. The first kappa shape index (κ1) is 20.8. The molecule has 0 rings (SSSR count). The highest BCUT2D eigenvalue weighted by Gasteiger charge is 2.00. The minimum Gasteiger partial charge on any atom is -0.466 e. The summed E-state index contributed by atoms with van der Waals surface area (Å²) in [4.78, 5) is 11.1. The van der Waals surface area contributed by atoms with Gasteiger partial charge in [-0.3, -0.25) is 4.79 Å². The van der Waals surface area contributed by atoms with Crippen molar-refractivity contribution in [2.45, 2.75) is 96.8 Å². The molecule has 0 spiro atoms. The molecule has 21 heavy (non-hydrogen) atoms. The average molecular weight is 319 g/mol. The maximum atomic E-state index is 11.1. The number of esters is 1. The summed E-state index contributed by atoms with van der Waals surface area (Å²) in [6.07, 6.45) is 17.7. The number of halogens is 1. The SMILES string of the molecule is CCCCCCCCCCCCCCCOC(=O)CCCl. The Balaban J connectivity index is 3.01. The van der Waals surface area contributed by atoms with E-state index in [9.17, 15) is 4.79 Å². The summed E-state index contributed by atoms with van der Waals surface area (Å²) in [6.45, 7) is 2.83. The van der Waals surface area contributed by atoms with Crippen LogP contribution < -0.4 is 0 Å². The van der Waals surface area contributed by atoms with Crippen LogP contribution in [0.4, 0.5) is 0 Å². The lowest BCUT2D eigenvalue weighted by Gasteiger charge is -2.04. The largest absolute Gasteiger partial charge is 0.466 e. The lowest BCUT2D eigenvalue weighted by Crippen LogP contribution is -2.06. The second-order valence-corrected chi connectivity index (χ2v) is 6.28. The van der Waals surface area contributed by atoms with Crippen molar-refractivity contribution < 1.29 is 9.53 Å². The third kappa shape index (κ3) is 17.7. The van der Waals surface area contributed by atoms with E-state index in [0.29, 0.717) is 18.9 Å². The predicted octanol–water partition coefficient (Wildman–Crippen LogP) is 6.25. The van der Waals surface area contributed by atoms with Gasteiger partial charge in [0, 0.05) is 5.88 Å². The highest BCUT2D eigenvalue weighted by molar-refractivity contribution is 6.18. The smallest absolute Gasteiger partial charge is 0.306 e. The van der Waals surface area contributed by atoms with Crippen molar-refractivity contribution in [2.24, 2.45) is 0 Å². The molecule has 0 saturated heterocycles. The molecule has 0 aliphatic carbocycles. The van der Waals surface area contributed by atoms with Crippen LogP contribution in [-0.4, -0.2) is 18.5 Å². The molecule has 0 aromatic rings. The fourth-order valence-electron chi connectivity index (χ4n) is 2.46. The van der Waals surface area contributed by atoms with Gasteiger partial charge in [-0.25, -0.2) is 0 Å². The molecule has 0 aromatic heterocycles. The van der Waals surface area contributed by atoms with Crippen LogP contribution in [-0.2, 0) is 9.53 Å². The molecule has 3 heteroatoms. The topological polar surface area (TPSA) is 26.3 Å². The van der Waals surface area contributed by atoms with Crippen LogP contribution in [0.1, 0.15) is 96.8 Å². The standard InChI is InChI=1S/C18H35ClO2/c1-2-3-4-5-6-7-8-9-10-11-12-13-14-17-21-18(20)15-16-19/h2-17H2,1H3. The van der Waals surface area contributed by atoms with E-state index in [1.807, 2.05) is 0 Å². The summed E-state index contributed by atoms with van der Waals surface area (Å²) >= 11 is 5.46. The summed E-state index contributed by atoms with van der Waals surface area (Å²) in [5, 5.41) is 0. The Bertz CT molecular complexity index is 219. The van der Waals surface area contributed by atoms with Gasteiger partial charge < -0.3 is 4.74 Å². The first-order valence-corrected chi connectivity index (χ1v) is 9.56. The van der Waals surface area contributed by atoms with Gasteiger partial charge >= 0.3 is 5.97 Å². The second kappa shape index (κ2) is 17.8. The zero-order valence-corrected chi connectivity index (χ0v) is 14.8. The molecule has 0 aliphatic rings. The number of unbranched alkanes of at least 4 members (excludes halogenated alkanes) is 12. The molecule has 2 nitrogen and oxygen atoms in total. The van der Waals surface area contributed by atoms with Crippen molar-refractivity contribution >= 4 is 17.6 Å². The Hall–Kier alpha value is -0.240. The number of carbonyl (C=O) groups excluding carboxylic acids is 1. The molecule has 0 radical (unpaired) electrons. The monoisotopic (exact) mass is 318 g/mol. The Morgan fingerprint density at radius 3 is 1.62 bits per heavy atom. The molecule has 0 heterocycles. The molecule has 0 saturated carbocycles. The molecule has 0 amide bonds. The van der Waals surface area contributed by atoms with Crippen molar-refractivity contribution in [1.29, 1.82) is 0 Å². The van der Waals surface area contributed by atoms with Gasteiger partial charge in [0.05, 0.1) is 13.0 Å². The minimum atomic E-state index is -0.163. The van der Waals surface area contributed by atoms with Gasteiger partial charge in [0.2, 0.25) is 0 Å². The number of rotatable bonds is 16. The number of ether oxygens (including phenoxy) is 1. The molecule has 0 aromatic carbocycles. The Morgan fingerprint density at radius 1 is 0.762 bits per heavy atom. The van der Waals surface area contributed by atoms with Crippen molar-refractivity contribution in [1.82, 2.24) is 0 Å². The van der Waals surface area contributed by atoms with Crippen LogP contribution in [0, 0.1) is 0 Å². The van der Waals surface area contributed by atoms with E-state index in [2.05, 4.69) is 6.92 Å². The Morgan fingerprint density at radius 2 is 1.19 bits per heavy atom. The fraction of sp³-hybridized carbons (Fsp3) is 0.944. The lowest BCUT2D eigenvalue weighted by atomic mass is 10.0. The summed E-state index contributed by atoms with van der Waals surface area (Å²) in [7, 11) is 0. The number of carbonyl (C=O) groups is 1. The highest BCUT2D eigenvalue weighted by atomic mass is 35.5. The summed E-state index contributed by atoms with van der Waals surface area (Å²) in [5.41, 5.74) is 0. The van der Waals surface area contributed by atoms with E-state index in [1.165, 1.54) is 77.0 Å². The van der Waals surface area contributed by atoms with Gasteiger partial charge in [0.25, 0.3) is 0 Å². The summed E-state index contributed by atoms with van der Waals surface area (Å²) < 4.78 is 5.06. The molecular weight excluding hydrogens is 284 g/mol. The summed E-state index contributed by atoms with van der Waals surface area (Å²) in [6, 6.07) is 0. The molecule has 0 N–H and O–H groups in total. The van der Waals surface area contributed by atoms with Crippen molar-refractivity contribution in [3.05, 3.63) is 0 Å². The highest BCUT2D eigenvalue weighted by Crippen LogP contribution is 2.12. The average Bonchev–Trinajstić information content (AvgIpc) is 2.48. The van der Waals surface area contributed by atoms with Crippen LogP contribution in [0.15, 0.2) is 0 Å². The number of alkyl halides is 1. The van der Waals surface area contributed by atoms with Gasteiger partial charge in [0.1, 0.15) is 0 Å². The van der Waals surface area contributed by atoms with Gasteiger partial charge in [-0.1, -0.05) is 84.0 Å². The van der Waals surface area contributed by atoms with Crippen LogP contribution >= 0.6 is 11.6 Å². The number of hydrogen-bond donors (Lipinski definition) is 0. The normalized spacial score (nSPS) is 10.8. The molecule has 0 fully saturated rings. The molecular formula is C18H35ClO2. The molecule has 126 valence electrons.